The van der Waals surface area contributed by atoms with Crippen LogP contribution in [0.2, 0.25) is 0 Å². The molecule has 0 radical (unpaired) electrons. The summed E-state index contributed by atoms with van der Waals surface area (Å²) in [5, 5.41) is 15.3. The molecule has 29 heavy (non-hydrogen) atoms. The monoisotopic (exact) mass is 418 g/mol. The maximum Gasteiger partial charge on any atom is 0.255 e. The van der Waals surface area contributed by atoms with Gasteiger partial charge >= 0.3 is 0 Å². The molecule has 1 heterocycles. The predicted molar refractivity (Wildman–Crippen MR) is 116 cm³/mol. The van der Waals surface area contributed by atoms with Gasteiger partial charge in [-0.3, -0.25) is 14.9 Å². The van der Waals surface area contributed by atoms with Gasteiger partial charge in [0.05, 0.1) is 12.2 Å². The van der Waals surface area contributed by atoms with Crippen molar-refractivity contribution in [1.82, 2.24) is 15.5 Å². The average molecular weight is 419 g/mol. The third kappa shape index (κ3) is 6.00. The molecule has 0 saturated carbocycles. The maximum absolute atomic E-state index is 12.8. The van der Waals surface area contributed by atoms with Gasteiger partial charge in [0, 0.05) is 5.92 Å². The minimum Gasteiger partial charge on any atom is -0.493 e. The molecule has 0 aliphatic rings. The Balaban J connectivity index is 2.11. The number of anilines is 1. The first kappa shape index (κ1) is 22.8. The Morgan fingerprint density at radius 1 is 1.10 bits per heavy atom. The Labute approximate surface area is 176 Å². The zero-order valence-electron chi connectivity index (χ0n) is 17.7. The third-order valence-corrected chi connectivity index (χ3v) is 5.67. The highest BCUT2D eigenvalue weighted by Crippen LogP contribution is 2.28. The van der Waals surface area contributed by atoms with Crippen LogP contribution in [-0.2, 0) is 4.79 Å². The van der Waals surface area contributed by atoms with Crippen LogP contribution in [0.15, 0.2) is 24.3 Å². The highest BCUT2D eigenvalue weighted by atomic mass is 32.1. The van der Waals surface area contributed by atoms with E-state index in [1.165, 1.54) is 11.3 Å². The van der Waals surface area contributed by atoms with E-state index in [0.717, 1.165) is 17.8 Å². The summed E-state index contributed by atoms with van der Waals surface area (Å²) < 4.78 is 5.52. The van der Waals surface area contributed by atoms with Crippen LogP contribution in [0.25, 0.3) is 0 Å². The largest absolute Gasteiger partial charge is 0.493 e. The van der Waals surface area contributed by atoms with Crippen molar-refractivity contribution in [3.8, 4) is 5.75 Å². The summed E-state index contributed by atoms with van der Waals surface area (Å²) >= 11 is 1.39. The van der Waals surface area contributed by atoms with E-state index in [-0.39, 0.29) is 17.7 Å². The molecule has 0 fully saturated rings. The normalized spacial score (nSPS) is 12.1. The number of nitrogens with zero attached hydrogens (tertiary/aromatic N) is 2. The topological polar surface area (TPSA) is 93.2 Å². The van der Waals surface area contributed by atoms with E-state index in [9.17, 15) is 9.59 Å². The van der Waals surface area contributed by atoms with E-state index in [2.05, 4.69) is 34.7 Å². The number of hydrogen-bond donors (Lipinski definition) is 2. The molecule has 0 aliphatic heterocycles. The number of hydrogen-bond acceptors (Lipinski definition) is 6. The Morgan fingerprint density at radius 3 is 2.41 bits per heavy atom. The number of benzene rings is 1. The fourth-order valence-corrected chi connectivity index (χ4v) is 3.97. The highest BCUT2D eigenvalue weighted by molar-refractivity contribution is 7.15. The number of carbonyl (C=O) groups is 2. The summed E-state index contributed by atoms with van der Waals surface area (Å²) in [5.41, 5.74) is 0.403. The second-order valence-corrected chi connectivity index (χ2v) is 8.08. The van der Waals surface area contributed by atoms with Crippen molar-refractivity contribution in [2.45, 2.75) is 59.4 Å². The molecule has 2 rings (SSSR count). The second kappa shape index (κ2) is 10.9. The summed E-state index contributed by atoms with van der Waals surface area (Å²) in [7, 11) is 0. The number of aromatic nitrogens is 2. The van der Waals surface area contributed by atoms with Crippen LogP contribution in [0.3, 0.4) is 0 Å². The van der Waals surface area contributed by atoms with Gasteiger partial charge in [0.25, 0.3) is 5.91 Å². The predicted octanol–water partition coefficient (Wildman–Crippen LogP) is 4.23. The smallest absolute Gasteiger partial charge is 0.255 e. The van der Waals surface area contributed by atoms with Gasteiger partial charge in [0.15, 0.2) is 0 Å². The molecule has 2 aromatic rings. The zero-order valence-corrected chi connectivity index (χ0v) is 18.5. The summed E-state index contributed by atoms with van der Waals surface area (Å²) in [5.74, 6) is 0.0696. The standard InChI is InChI=1S/C21H30N4O3S/c1-6-14(7-2)20-24-25-21(29-20)23-19(27)17(13(4)5)22-18(26)15-11-9-10-12-16(15)28-8-3/h9-14,17H,6-8H2,1-5H3,(H,22,26)(H,23,25,27). The summed E-state index contributed by atoms with van der Waals surface area (Å²) in [6.07, 6.45) is 1.95. The molecule has 158 valence electrons. The number of nitrogens with one attached hydrogen (secondary N) is 2. The quantitative estimate of drug-likeness (QED) is 0.602. The molecule has 0 bridgehead atoms. The molecule has 1 aromatic heterocycles. The molecule has 8 heteroatoms. The van der Waals surface area contributed by atoms with E-state index in [1.54, 1.807) is 24.3 Å². The number of para-hydroxylation sites is 1. The van der Waals surface area contributed by atoms with Crippen LogP contribution in [0.5, 0.6) is 5.75 Å². The highest BCUT2D eigenvalue weighted by Gasteiger charge is 2.27. The average Bonchev–Trinajstić information content (AvgIpc) is 3.15. The molecule has 1 aromatic carbocycles. The SMILES string of the molecule is CCOc1ccccc1C(=O)NC(C(=O)Nc1nnc(C(CC)CC)s1)C(C)C. The number of amides is 2. The van der Waals surface area contributed by atoms with Gasteiger partial charge in [-0.05, 0) is 37.8 Å². The van der Waals surface area contributed by atoms with E-state index in [1.807, 2.05) is 20.8 Å². The maximum atomic E-state index is 12.8. The van der Waals surface area contributed by atoms with E-state index >= 15 is 0 Å². The zero-order chi connectivity index (χ0) is 21.4. The Bertz CT molecular complexity index is 818. The van der Waals surface area contributed by atoms with Gasteiger partial charge in [-0.15, -0.1) is 10.2 Å². The number of ether oxygens (including phenoxy) is 1. The summed E-state index contributed by atoms with van der Waals surface area (Å²) in [6.45, 7) is 10.3. The van der Waals surface area contributed by atoms with Crippen LogP contribution in [0.4, 0.5) is 5.13 Å². The molecule has 2 amide bonds. The number of rotatable bonds is 10. The van der Waals surface area contributed by atoms with Gasteiger partial charge in [0.2, 0.25) is 11.0 Å². The van der Waals surface area contributed by atoms with Gasteiger partial charge < -0.3 is 10.1 Å². The lowest BCUT2D eigenvalue weighted by molar-refractivity contribution is -0.118. The second-order valence-electron chi connectivity index (χ2n) is 7.07. The fraction of sp³-hybridized carbons (Fsp3) is 0.524. The van der Waals surface area contributed by atoms with Crippen molar-refractivity contribution >= 4 is 28.3 Å². The van der Waals surface area contributed by atoms with Crippen molar-refractivity contribution in [2.75, 3.05) is 11.9 Å². The first-order valence-electron chi connectivity index (χ1n) is 10.1. The summed E-state index contributed by atoms with van der Waals surface area (Å²) in [6, 6.07) is 6.29. The molecule has 7 nitrogen and oxygen atoms in total. The van der Waals surface area contributed by atoms with E-state index < -0.39 is 6.04 Å². The van der Waals surface area contributed by atoms with Crippen molar-refractivity contribution in [1.29, 1.82) is 0 Å². The summed E-state index contributed by atoms with van der Waals surface area (Å²) in [4.78, 5) is 25.6. The van der Waals surface area contributed by atoms with Crippen molar-refractivity contribution < 1.29 is 14.3 Å². The lowest BCUT2D eigenvalue weighted by Gasteiger charge is -2.21. The lowest BCUT2D eigenvalue weighted by atomic mass is 10.0. The molecule has 0 spiro atoms. The van der Waals surface area contributed by atoms with Gasteiger partial charge in [0.1, 0.15) is 16.8 Å². The van der Waals surface area contributed by atoms with Crippen LogP contribution < -0.4 is 15.4 Å². The van der Waals surface area contributed by atoms with Crippen LogP contribution in [0, 0.1) is 5.92 Å². The molecule has 1 atom stereocenters. The fourth-order valence-electron chi connectivity index (χ4n) is 2.96. The van der Waals surface area contributed by atoms with Crippen LogP contribution in [-0.4, -0.2) is 34.7 Å². The van der Waals surface area contributed by atoms with Gasteiger partial charge in [-0.25, -0.2) is 0 Å². The van der Waals surface area contributed by atoms with Crippen LogP contribution >= 0.6 is 11.3 Å². The van der Waals surface area contributed by atoms with Gasteiger partial charge in [-0.2, -0.15) is 0 Å². The first-order chi connectivity index (χ1) is 13.9. The number of carbonyl (C=O) groups excluding carboxylic acids is 2. The molecule has 2 N–H and O–H groups in total. The molecule has 0 aliphatic carbocycles. The minimum absolute atomic E-state index is 0.107. The Kier molecular flexibility index (Phi) is 8.57. The van der Waals surface area contributed by atoms with Gasteiger partial charge in [-0.1, -0.05) is 51.2 Å². The molecule has 0 saturated heterocycles. The van der Waals surface area contributed by atoms with Crippen LogP contribution in [0.1, 0.15) is 68.7 Å². The van der Waals surface area contributed by atoms with E-state index in [0.29, 0.717) is 29.0 Å². The third-order valence-electron chi connectivity index (χ3n) is 4.67. The van der Waals surface area contributed by atoms with Crippen molar-refractivity contribution in [2.24, 2.45) is 5.92 Å². The van der Waals surface area contributed by atoms with Crippen molar-refractivity contribution in [3.05, 3.63) is 34.8 Å². The minimum atomic E-state index is -0.710. The Morgan fingerprint density at radius 2 is 1.79 bits per heavy atom. The molecular formula is C21H30N4O3S. The van der Waals surface area contributed by atoms with E-state index in [4.69, 9.17) is 4.74 Å². The lowest BCUT2D eigenvalue weighted by Crippen LogP contribution is -2.47. The Hall–Kier alpha value is -2.48. The molecule has 1 unspecified atom stereocenters. The molecular weight excluding hydrogens is 388 g/mol. The van der Waals surface area contributed by atoms with Crippen molar-refractivity contribution in [3.63, 3.8) is 0 Å². The first-order valence-corrected chi connectivity index (χ1v) is 10.9.